The summed E-state index contributed by atoms with van der Waals surface area (Å²) in [5, 5.41) is 2.99. The molecule has 6 nitrogen and oxygen atoms in total. The van der Waals surface area contributed by atoms with Crippen LogP contribution in [0.2, 0.25) is 0 Å². The van der Waals surface area contributed by atoms with Crippen molar-refractivity contribution in [2.45, 2.75) is 39.3 Å². The Kier molecular flexibility index (Phi) is 6.90. The number of rotatable bonds is 10. The van der Waals surface area contributed by atoms with Crippen LogP contribution in [0.1, 0.15) is 47.8 Å². The topological polar surface area (TPSA) is 74.2 Å². The van der Waals surface area contributed by atoms with E-state index in [0.29, 0.717) is 40.5 Å². The number of ketones is 1. The summed E-state index contributed by atoms with van der Waals surface area (Å²) in [4.78, 5) is 23.9. The van der Waals surface area contributed by atoms with E-state index in [1.165, 1.54) is 0 Å². The minimum absolute atomic E-state index is 0.0626. The summed E-state index contributed by atoms with van der Waals surface area (Å²) in [7, 11) is 0. The molecular formula is C25H27NO5. The molecule has 0 fully saturated rings. The molecule has 0 bridgehead atoms. The first-order valence-corrected chi connectivity index (χ1v) is 10.2. The molecule has 0 spiro atoms. The molecule has 0 amide bonds. The molecule has 162 valence electrons. The van der Waals surface area contributed by atoms with E-state index in [1.807, 2.05) is 45.1 Å². The maximum absolute atomic E-state index is 13.0. The van der Waals surface area contributed by atoms with Crippen molar-refractivity contribution in [3.63, 3.8) is 0 Å². The molecule has 0 aromatic heterocycles. The summed E-state index contributed by atoms with van der Waals surface area (Å²) in [5.41, 5.74) is 2.34. The van der Waals surface area contributed by atoms with Crippen LogP contribution in [-0.4, -0.2) is 24.6 Å². The minimum Gasteiger partial charge on any atom is -0.489 e. The molecule has 0 unspecified atom stereocenters. The van der Waals surface area contributed by atoms with Crippen LogP contribution in [0.4, 0.5) is 0 Å². The fraction of sp³-hybridized carbons (Fsp3) is 0.320. The average molecular weight is 421 g/mol. The number of hydrogen-bond acceptors (Lipinski definition) is 6. The number of ether oxygens (including phenoxy) is 3. The van der Waals surface area contributed by atoms with Crippen molar-refractivity contribution in [2.24, 2.45) is 5.18 Å². The Morgan fingerprint density at radius 2 is 2.03 bits per heavy atom. The molecule has 1 heterocycles. The van der Waals surface area contributed by atoms with Crippen molar-refractivity contribution in [1.29, 1.82) is 0 Å². The summed E-state index contributed by atoms with van der Waals surface area (Å²) in [6.07, 6.45) is 6.26. The molecule has 0 saturated carbocycles. The average Bonchev–Trinajstić information content (AvgIpc) is 2.76. The quantitative estimate of drug-likeness (QED) is 0.287. The van der Waals surface area contributed by atoms with Crippen LogP contribution in [0.3, 0.4) is 0 Å². The zero-order chi connectivity index (χ0) is 22.4. The van der Waals surface area contributed by atoms with E-state index in [1.54, 1.807) is 24.3 Å². The zero-order valence-corrected chi connectivity index (χ0v) is 18.1. The molecule has 2 aromatic carbocycles. The summed E-state index contributed by atoms with van der Waals surface area (Å²) < 4.78 is 17.6. The highest BCUT2D eigenvalue weighted by atomic mass is 16.5. The Morgan fingerprint density at radius 3 is 2.74 bits per heavy atom. The number of nitrogens with zero attached hydrogens (tertiary/aromatic N) is 1. The van der Waals surface area contributed by atoms with Crippen LogP contribution in [0, 0.1) is 4.91 Å². The van der Waals surface area contributed by atoms with E-state index in [9.17, 15) is 9.70 Å². The summed E-state index contributed by atoms with van der Waals surface area (Å²) in [6.45, 7) is 9.61. The van der Waals surface area contributed by atoms with Crippen molar-refractivity contribution in [3.8, 4) is 17.2 Å². The van der Waals surface area contributed by atoms with Crippen molar-refractivity contribution in [2.75, 3.05) is 13.2 Å². The molecule has 2 aromatic rings. The lowest BCUT2D eigenvalue weighted by Crippen LogP contribution is -2.27. The van der Waals surface area contributed by atoms with E-state index >= 15 is 0 Å². The standard InChI is InChI=1S/C25H27NO5/c1-5-13-29-23-14-17(6-2)7-9-19(23)21(27)16-30-24-18(15-26-28)8-10-22-20(24)11-12-25(3,4)31-22/h5,7-12,14H,1,6,13,15-16H2,2-4H3. The molecule has 0 saturated heterocycles. The molecule has 6 heteroatoms. The molecule has 1 aliphatic rings. The van der Waals surface area contributed by atoms with Gasteiger partial charge in [0.15, 0.2) is 6.61 Å². The van der Waals surface area contributed by atoms with E-state index in [0.717, 1.165) is 12.0 Å². The largest absolute Gasteiger partial charge is 0.489 e. The van der Waals surface area contributed by atoms with Crippen molar-refractivity contribution >= 4 is 11.9 Å². The van der Waals surface area contributed by atoms with Crippen molar-refractivity contribution < 1.29 is 19.0 Å². The van der Waals surface area contributed by atoms with E-state index in [2.05, 4.69) is 11.8 Å². The van der Waals surface area contributed by atoms with Gasteiger partial charge in [0.1, 0.15) is 36.0 Å². The second-order valence-corrected chi connectivity index (χ2v) is 7.79. The van der Waals surface area contributed by atoms with Gasteiger partial charge in [-0.1, -0.05) is 30.8 Å². The number of fused-ring (bicyclic) bond motifs is 1. The van der Waals surface area contributed by atoms with E-state index < -0.39 is 5.60 Å². The fourth-order valence-electron chi connectivity index (χ4n) is 3.34. The lowest BCUT2D eigenvalue weighted by atomic mass is 9.99. The Balaban J connectivity index is 1.88. The van der Waals surface area contributed by atoms with Gasteiger partial charge in [-0.25, -0.2) is 0 Å². The number of carbonyl (C=O) groups excluding carboxylic acids is 1. The molecular weight excluding hydrogens is 394 g/mol. The predicted molar refractivity (Wildman–Crippen MR) is 121 cm³/mol. The van der Waals surface area contributed by atoms with Gasteiger partial charge in [-0.05, 0) is 62.2 Å². The van der Waals surface area contributed by atoms with Crippen LogP contribution < -0.4 is 14.2 Å². The monoisotopic (exact) mass is 421 g/mol. The maximum Gasteiger partial charge on any atom is 0.203 e. The van der Waals surface area contributed by atoms with Gasteiger partial charge in [0, 0.05) is 5.56 Å². The number of benzene rings is 2. The van der Waals surface area contributed by atoms with Gasteiger partial charge in [-0.2, -0.15) is 4.91 Å². The van der Waals surface area contributed by atoms with Gasteiger partial charge in [0.2, 0.25) is 5.78 Å². The summed E-state index contributed by atoms with van der Waals surface area (Å²) in [6, 6.07) is 9.05. The SMILES string of the molecule is C=CCOc1cc(CC)ccc1C(=O)COc1c(CN=O)ccc2c1C=CC(C)(C)O2. The van der Waals surface area contributed by atoms with Gasteiger partial charge < -0.3 is 14.2 Å². The highest BCUT2D eigenvalue weighted by Gasteiger charge is 2.26. The van der Waals surface area contributed by atoms with Crippen LogP contribution in [0.5, 0.6) is 17.2 Å². The van der Waals surface area contributed by atoms with Crippen LogP contribution in [0.15, 0.2) is 54.2 Å². The van der Waals surface area contributed by atoms with E-state index in [-0.39, 0.29) is 18.9 Å². The van der Waals surface area contributed by atoms with Crippen LogP contribution in [-0.2, 0) is 13.0 Å². The first-order chi connectivity index (χ1) is 14.9. The molecule has 0 N–H and O–H groups in total. The second-order valence-electron chi connectivity index (χ2n) is 7.79. The third-order valence-corrected chi connectivity index (χ3v) is 4.96. The lowest BCUT2D eigenvalue weighted by molar-refractivity contribution is 0.0915. The van der Waals surface area contributed by atoms with Gasteiger partial charge in [-0.3, -0.25) is 4.79 Å². The third kappa shape index (κ3) is 5.20. The fourth-order valence-corrected chi connectivity index (χ4v) is 3.34. The number of aryl methyl sites for hydroxylation is 1. The molecule has 3 rings (SSSR count). The highest BCUT2D eigenvalue weighted by molar-refractivity contribution is 6.00. The minimum atomic E-state index is -0.455. The second kappa shape index (κ2) is 9.60. The zero-order valence-electron chi connectivity index (χ0n) is 18.1. The normalized spacial score (nSPS) is 13.6. The number of nitroso groups, excluding NO2 is 1. The first-order valence-electron chi connectivity index (χ1n) is 10.2. The van der Waals surface area contributed by atoms with Gasteiger partial charge in [-0.15, -0.1) is 0 Å². The number of hydrogen-bond donors (Lipinski definition) is 0. The summed E-state index contributed by atoms with van der Waals surface area (Å²) >= 11 is 0. The van der Waals surface area contributed by atoms with E-state index in [4.69, 9.17) is 14.2 Å². The molecule has 1 aliphatic heterocycles. The smallest absolute Gasteiger partial charge is 0.203 e. The first kappa shape index (κ1) is 22.3. The van der Waals surface area contributed by atoms with Crippen molar-refractivity contribution in [3.05, 3.63) is 76.2 Å². The maximum atomic E-state index is 13.0. The van der Waals surface area contributed by atoms with Gasteiger partial charge in [0.05, 0.1) is 11.1 Å². The molecule has 31 heavy (non-hydrogen) atoms. The van der Waals surface area contributed by atoms with Gasteiger partial charge in [0.25, 0.3) is 0 Å². The van der Waals surface area contributed by atoms with Crippen molar-refractivity contribution in [1.82, 2.24) is 0 Å². The van der Waals surface area contributed by atoms with Gasteiger partial charge >= 0.3 is 0 Å². The predicted octanol–water partition coefficient (Wildman–Crippen LogP) is 5.53. The lowest BCUT2D eigenvalue weighted by Gasteiger charge is -2.29. The Morgan fingerprint density at radius 1 is 1.23 bits per heavy atom. The molecule has 0 atom stereocenters. The molecule has 0 radical (unpaired) electrons. The van der Waals surface area contributed by atoms with Crippen LogP contribution >= 0.6 is 0 Å². The third-order valence-electron chi connectivity index (χ3n) is 4.96. The number of carbonyl (C=O) groups is 1. The number of Topliss-reactive ketones (excluding diaryl/α,β-unsaturated/α-hetero) is 1. The Bertz CT molecular complexity index is 1020. The highest BCUT2D eigenvalue weighted by Crippen LogP contribution is 2.39. The Labute approximate surface area is 182 Å². The Hall–Kier alpha value is -3.41. The molecule has 0 aliphatic carbocycles. The van der Waals surface area contributed by atoms with Crippen LogP contribution in [0.25, 0.3) is 6.08 Å². The summed E-state index contributed by atoms with van der Waals surface area (Å²) in [5.74, 6) is 1.33.